The van der Waals surface area contributed by atoms with Crippen molar-refractivity contribution in [1.29, 1.82) is 0 Å². The summed E-state index contributed by atoms with van der Waals surface area (Å²) in [7, 11) is 0. The molecule has 3 nitrogen and oxygen atoms in total. The van der Waals surface area contributed by atoms with E-state index in [1.54, 1.807) is 6.20 Å². The first kappa shape index (κ1) is 9.52. The van der Waals surface area contributed by atoms with Gasteiger partial charge in [0, 0.05) is 18.0 Å². The third-order valence-corrected chi connectivity index (χ3v) is 1.98. The van der Waals surface area contributed by atoms with E-state index in [-0.39, 0.29) is 0 Å². The molecule has 0 radical (unpaired) electrons. The number of aromatic nitrogens is 1. The molecule has 1 heterocycles. The monoisotopic (exact) mass is 200 g/mol. The molecule has 0 atom stereocenters. The maximum atomic E-state index is 5.66. The standard InChI is InChI=1S/C12H12N2O/c13-11-5-3-4-10(8-11)9-15-12-6-1-2-7-14-12/h1-8H,9,13H2. The SMILES string of the molecule is Nc1cccc(COc2ccccn2)c1. The summed E-state index contributed by atoms with van der Waals surface area (Å²) in [4.78, 5) is 4.06. The highest BCUT2D eigenvalue weighted by atomic mass is 16.5. The highest BCUT2D eigenvalue weighted by molar-refractivity contribution is 5.40. The van der Waals surface area contributed by atoms with Gasteiger partial charge in [-0.2, -0.15) is 0 Å². The lowest BCUT2D eigenvalue weighted by Gasteiger charge is -2.05. The van der Waals surface area contributed by atoms with Crippen molar-refractivity contribution in [3.63, 3.8) is 0 Å². The van der Waals surface area contributed by atoms with E-state index in [0.29, 0.717) is 12.5 Å². The van der Waals surface area contributed by atoms with Crippen molar-refractivity contribution in [3.8, 4) is 5.88 Å². The molecule has 0 saturated carbocycles. The molecule has 2 N–H and O–H groups in total. The van der Waals surface area contributed by atoms with Gasteiger partial charge in [-0.05, 0) is 23.8 Å². The van der Waals surface area contributed by atoms with Gasteiger partial charge in [-0.3, -0.25) is 0 Å². The average molecular weight is 200 g/mol. The third-order valence-electron chi connectivity index (χ3n) is 1.98. The van der Waals surface area contributed by atoms with Crippen molar-refractivity contribution < 1.29 is 4.74 Å². The molecule has 0 aliphatic carbocycles. The van der Waals surface area contributed by atoms with E-state index in [2.05, 4.69) is 4.98 Å². The summed E-state index contributed by atoms with van der Waals surface area (Å²) in [6.45, 7) is 0.488. The van der Waals surface area contributed by atoms with Gasteiger partial charge in [-0.25, -0.2) is 4.98 Å². The number of anilines is 1. The van der Waals surface area contributed by atoms with Crippen LogP contribution in [0.3, 0.4) is 0 Å². The molecule has 0 saturated heterocycles. The van der Waals surface area contributed by atoms with E-state index >= 15 is 0 Å². The second-order valence-corrected chi connectivity index (χ2v) is 3.20. The molecule has 0 spiro atoms. The first-order valence-electron chi connectivity index (χ1n) is 4.73. The van der Waals surface area contributed by atoms with Crippen molar-refractivity contribution in [2.24, 2.45) is 0 Å². The average Bonchev–Trinajstić information content (AvgIpc) is 2.28. The number of rotatable bonds is 3. The van der Waals surface area contributed by atoms with Gasteiger partial charge in [0.2, 0.25) is 5.88 Å². The Morgan fingerprint density at radius 3 is 2.80 bits per heavy atom. The van der Waals surface area contributed by atoms with Crippen LogP contribution in [0.25, 0.3) is 0 Å². The molecule has 2 rings (SSSR count). The van der Waals surface area contributed by atoms with E-state index in [9.17, 15) is 0 Å². The molecular weight excluding hydrogens is 188 g/mol. The van der Waals surface area contributed by atoms with Gasteiger partial charge in [0.15, 0.2) is 0 Å². The van der Waals surface area contributed by atoms with Crippen LogP contribution in [0.2, 0.25) is 0 Å². The molecule has 1 aromatic heterocycles. The maximum Gasteiger partial charge on any atom is 0.213 e. The molecule has 3 heteroatoms. The number of benzene rings is 1. The first-order valence-corrected chi connectivity index (χ1v) is 4.73. The summed E-state index contributed by atoms with van der Waals surface area (Å²) in [5.41, 5.74) is 7.45. The lowest BCUT2D eigenvalue weighted by Crippen LogP contribution is -1.97. The smallest absolute Gasteiger partial charge is 0.213 e. The normalized spacial score (nSPS) is 9.87. The quantitative estimate of drug-likeness (QED) is 0.773. The predicted molar refractivity (Wildman–Crippen MR) is 59.4 cm³/mol. The number of ether oxygens (including phenoxy) is 1. The van der Waals surface area contributed by atoms with Crippen LogP contribution in [0.4, 0.5) is 5.69 Å². The van der Waals surface area contributed by atoms with E-state index in [1.807, 2.05) is 42.5 Å². The number of pyridine rings is 1. The summed E-state index contributed by atoms with van der Waals surface area (Å²) >= 11 is 0. The summed E-state index contributed by atoms with van der Waals surface area (Å²) in [5, 5.41) is 0. The maximum absolute atomic E-state index is 5.66. The van der Waals surface area contributed by atoms with Crippen LogP contribution >= 0.6 is 0 Å². The molecule has 0 amide bonds. The lowest BCUT2D eigenvalue weighted by molar-refractivity contribution is 0.294. The van der Waals surface area contributed by atoms with E-state index in [0.717, 1.165) is 11.3 Å². The topological polar surface area (TPSA) is 48.1 Å². The third kappa shape index (κ3) is 2.71. The predicted octanol–water partition coefficient (Wildman–Crippen LogP) is 2.24. The molecule has 15 heavy (non-hydrogen) atoms. The number of nitrogens with two attached hydrogens (primary N) is 1. The second kappa shape index (κ2) is 4.46. The molecule has 0 unspecified atom stereocenters. The Balaban J connectivity index is 1.99. The molecule has 1 aromatic carbocycles. The van der Waals surface area contributed by atoms with Crippen molar-refractivity contribution in [2.75, 3.05) is 5.73 Å². The van der Waals surface area contributed by atoms with Crippen LogP contribution in [0.1, 0.15) is 5.56 Å². The number of nitrogens with zero attached hydrogens (tertiary/aromatic N) is 1. The molecule has 0 bridgehead atoms. The Kier molecular flexibility index (Phi) is 2.83. The van der Waals surface area contributed by atoms with Crippen LogP contribution < -0.4 is 10.5 Å². The van der Waals surface area contributed by atoms with Gasteiger partial charge in [-0.1, -0.05) is 18.2 Å². The molecule has 0 aliphatic heterocycles. The van der Waals surface area contributed by atoms with Gasteiger partial charge >= 0.3 is 0 Å². The van der Waals surface area contributed by atoms with Gasteiger partial charge in [0.25, 0.3) is 0 Å². The second-order valence-electron chi connectivity index (χ2n) is 3.20. The van der Waals surface area contributed by atoms with Crippen molar-refractivity contribution >= 4 is 5.69 Å². The van der Waals surface area contributed by atoms with Gasteiger partial charge < -0.3 is 10.5 Å². The Bertz CT molecular complexity index is 429. The van der Waals surface area contributed by atoms with E-state index in [4.69, 9.17) is 10.5 Å². The van der Waals surface area contributed by atoms with E-state index in [1.165, 1.54) is 0 Å². The van der Waals surface area contributed by atoms with Crippen LogP contribution in [-0.2, 0) is 6.61 Å². The highest BCUT2D eigenvalue weighted by Crippen LogP contribution is 2.10. The first-order chi connectivity index (χ1) is 7.34. The zero-order chi connectivity index (χ0) is 10.5. The minimum absolute atomic E-state index is 0.488. The van der Waals surface area contributed by atoms with Crippen molar-refractivity contribution in [1.82, 2.24) is 4.98 Å². The molecule has 0 aliphatic rings. The summed E-state index contributed by atoms with van der Waals surface area (Å²) < 4.78 is 5.48. The van der Waals surface area contributed by atoms with Gasteiger partial charge in [0.1, 0.15) is 6.61 Å². The zero-order valence-corrected chi connectivity index (χ0v) is 8.26. The molecule has 2 aromatic rings. The van der Waals surface area contributed by atoms with Gasteiger partial charge in [-0.15, -0.1) is 0 Å². The summed E-state index contributed by atoms with van der Waals surface area (Å²) in [5.74, 6) is 0.625. The zero-order valence-electron chi connectivity index (χ0n) is 8.26. The molecule has 76 valence electrons. The Morgan fingerprint density at radius 2 is 2.07 bits per heavy atom. The highest BCUT2D eigenvalue weighted by Gasteiger charge is 1.96. The number of hydrogen-bond donors (Lipinski definition) is 1. The Morgan fingerprint density at radius 1 is 1.13 bits per heavy atom. The lowest BCUT2D eigenvalue weighted by atomic mass is 10.2. The summed E-state index contributed by atoms with van der Waals surface area (Å²) in [6, 6.07) is 13.2. The number of nitrogen functional groups attached to an aromatic ring is 1. The Hall–Kier alpha value is -2.03. The summed E-state index contributed by atoms with van der Waals surface area (Å²) in [6.07, 6.45) is 1.70. The van der Waals surface area contributed by atoms with E-state index < -0.39 is 0 Å². The molecular formula is C12H12N2O. The largest absolute Gasteiger partial charge is 0.473 e. The number of hydrogen-bond acceptors (Lipinski definition) is 3. The van der Waals surface area contributed by atoms with Crippen LogP contribution in [-0.4, -0.2) is 4.98 Å². The Labute approximate surface area is 88.5 Å². The van der Waals surface area contributed by atoms with Crippen molar-refractivity contribution in [2.45, 2.75) is 6.61 Å². The minimum Gasteiger partial charge on any atom is -0.473 e. The fraction of sp³-hybridized carbons (Fsp3) is 0.0833. The fourth-order valence-corrected chi connectivity index (χ4v) is 1.27. The van der Waals surface area contributed by atoms with Gasteiger partial charge in [0.05, 0.1) is 0 Å². The van der Waals surface area contributed by atoms with Crippen LogP contribution in [0, 0.1) is 0 Å². The fourth-order valence-electron chi connectivity index (χ4n) is 1.27. The van der Waals surface area contributed by atoms with Crippen molar-refractivity contribution in [3.05, 3.63) is 54.2 Å². The van der Waals surface area contributed by atoms with Crippen LogP contribution in [0.15, 0.2) is 48.7 Å². The van der Waals surface area contributed by atoms with Crippen LogP contribution in [0.5, 0.6) is 5.88 Å². The minimum atomic E-state index is 0.488. The molecule has 0 fully saturated rings.